The van der Waals surface area contributed by atoms with Gasteiger partial charge < -0.3 is 19.1 Å². The maximum absolute atomic E-state index is 13.5. The molecule has 0 saturated carbocycles. The van der Waals surface area contributed by atoms with E-state index in [1.54, 1.807) is 49.6 Å². The summed E-state index contributed by atoms with van der Waals surface area (Å²) in [6.07, 6.45) is 0. The van der Waals surface area contributed by atoms with Crippen LogP contribution in [0.3, 0.4) is 0 Å². The minimum absolute atomic E-state index is 0.322. The third-order valence-corrected chi connectivity index (χ3v) is 5.36. The number of morpholine rings is 1. The highest BCUT2D eigenvalue weighted by Gasteiger charge is 2.43. The number of benzene rings is 2. The zero-order valence-electron chi connectivity index (χ0n) is 16.7. The Morgan fingerprint density at radius 2 is 1.67 bits per heavy atom. The topological polar surface area (TPSA) is 68.3 Å². The normalized spacial score (nSPS) is 17.0. The van der Waals surface area contributed by atoms with Crippen molar-refractivity contribution in [2.45, 2.75) is 0 Å². The first-order valence-electron chi connectivity index (χ1n) is 9.49. The van der Waals surface area contributed by atoms with Crippen molar-refractivity contribution in [1.82, 2.24) is 4.90 Å². The molecule has 2 aromatic rings. The van der Waals surface area contributed by atoms with E-state index in [0.29, 0.717) is 65.3 Å². The molecule has 2 aliphatic rings. The summed E-state index contributed by atoms with van der Waals surface area (Å²) in [6.45, 7) is 2.02. The summed E-state index contributed by atoms with van der Waals surface area (Å²) in [6, 6.07) is 11.9. The number of hydrogen-bond donors (Lipinski definition) is 0. The average molecular weight is 429 g/mol. The highest BCUT2D eigenvalue weighted by molar-refractivity contribution is 6.45. The number of methoxy groups -OCH3 is 2. The first kappa shape index (κ1) is 20.3. The summed E-state index contributed by atoms with van der Waals surface area (Å²) in [7, 11) is 3.07. The monoisotopic (exact) mass is 428 g/mol. The minimum atomic E-state index is -0.407. The summed E-state index contributed by atoms with van der Waals surface area (Å²) in [4.78, 5) is 30.0. The van der Waals surface area contributed by atoms with Crippen molar-refractivity contribution in [1.29, 1.82) is 0 Å². The van der Waals surface area contributed by atoms with Gasteiger partial charge in [0.05, 0.1) is 38.7 Å². The predicted octanol–water partition coefficient (Wildman–Crippen LogP) is 2.97. The lowest BCUT2D eigenvalue weighted by Gasteiger charge is -2.29. The Labute approximate surface area is 179 Å². The Morgan fingerprint density at radius 3 is 2.33 bits per heavy atom. The largest absolute Gasteiger partial charge is 0.493 e. The average Bonchev–Trinajstić information content (AvgIpc) is 3.03. The van der Waals surface area contributed by atoms with Crippen molar-refractivity contribution in [3.05, 3.63) is 58.7 Å². The van der Waals surface area contributed by atoms with E-state index < -0.39 is 5.91 Å². The van der Waals surface area contributed by atoms with Crippen molar-refractivity contribution < 1.29 is 23.8 Å². The molecule has 0 unspecified atom stereocenters. The second-order valence-electron chi connectivity index (χ2n) is 6.82. The maximum atomic E-state index is 13.5. The molecule has 0 atom stereocenters. The third-order valence-electron chi connectivity index (χ3n) is 5.13. The van der Waals surface area contributed by atoms with Gasteiger partial charge >= 0.3 is 0 Å². The molecule has 156 valence electrons. The molecule has 2 amide bonds. The smallest absolute Gasteiger partial charge is 0.282 e. The molecule has 4 rings (SSSR count). The van der Waals surface area contributed by atoms with Gasteiger partial charge in [0.1, 0.15) is 5.70 Å². The zero-order valence-corrected chi connectivity index (χ0v) is 17.4. The highest BCUT2D eigenvalue weighted by atomic mass is 35.5. The number of halogens is 1. The van der Waals surface area contributed by atoms with Crippen LogP contribution in [0.5, 0.6) is 11.5 Å². The molecule has 0 aliphatic carbocycles. The van der Waals surface area contributed by atoms with Crippen LogP contribution in [-0.4, -0.2) is 57.2 Å². The molecule has 0 spiro atoms. The molecule has 7 nitrogen and oxygen atoms in total. The number of carbonyl (C=O) groups excluding carboxylic acids is 2. The molecular formula is C22H21ClN2O5. The maximum Gasteiger partial charge on any atom is 0.282 e. The molecule has 2 aliphatic heterocycles. The molecule has 2 aromatic carbocycles. The summed E-state index contributed by atoms with van der Waals surface area (Å²) in [5.41, 5.74) is 1.69. The third kappa shape index (κ3) is 3.51. The first-order chi connectivity index (χ1) is 14.5. The molecule has 0 bridgehead atoms. The van der Waals surface area contributed by atoms with Crippen LogP contribution in [0.25, 0.3) is 5.57 Å². The molecule has 2 heterocycles. The summed E-state index contributed by atoms with van der Waals surface area (Å²) < 4.78 is 16.1. The van der Waals surface area contributed by atoms with Gasteiger partial charge in [-0.05, 0) is 35.9 Å². The van der Waals surface area contributed by atoms with Gasteiger partial charge in [-0.15, -0.1) is 0 Å². The molecule has 0 N–H and O–H groups in total. The molecule has 8 heteroatoms. The van der Waals surface area contributed by atoms with Crippen LogP contribution in [0.4, 0.5) is 5.69 Å². The number of hydrogen-bond acceptors (Lipinski definition) is 6. The Balaban J connectivity index is 1.85. The van der Waals surface area contributed by atoms with Crippen LogP contribution < -0.4 is 14.4 Å². The van der Waals surface area contributed by atoms with Crippen molar-refractivity contribution in [2.75, 3.05) is 45.4 Å². The van der Waals surface area contributed by atoms with E-state index in [-0.39, 0.29) is 5.91 Å². The van der Waals surface area contributed by atoms with E-state index in [9.17, 15) is 9.59 Å². The Kier molecular flexibility index (Phi) is 5.65. The van der Waals surface area contributed by atoms with Gasteiger partial charge in [-0.3, -0.25) is 9.59 Å². The molecule has 1 saturated heterocycles. The van der Waals surface area contributed by atoms with Gasteiger partial charge in [0.25, 0.3) is 11.8 Å². The van der Waals surface area contributed by atoms with Gasteiger partial charge in [0.2, 0.25) is 0 Å². The van der Waals surface area contributed by atoms with E-state index in [2.05, 4.69) is 0 Å². The van der Waals surface area contributed by atoms with Crippen LogP contribution in [0.1, 0.15) is 5.56 Å². The SMILES string of the molecule is COc1ccc(C2=C(N3CCOCC3)C(=O)N(c3cccc(Cl)c3)C2=O)cc1OC. The number of nitrogens with zero attached hydrogens (tertiary/aromatic N) is 2. The second-order valence-corrected chi connectivity index (χ2v) is 7.25. The summed E-state index contributed by atoms with van der Waals surface area (Å²) >= 11 is 6.11. The fourth-order valence-corrected chi connectivity index (χ4v) is 3.88. The van der Waals surface area contributed by atoms with E-state index in [1.165, 1.54) is 12.0 Å². The van der Waals surface area contributed by atoms with Crippen molar-refractivity contribution in [2.24, 2.45) is 0 Å². The van der Waals surface area contributed by atoms with Crippen LogP contribution in [0.2, 0.25) is 5.02 Å². The highest BCUT2D eigenvalue weighted by Crippen LogP contribution is 2.38. The number of imide groups is 1. The van der Waals surface area contributed by atoms with Crippen LogP contribution >= 0.6 is 11.6 Å². The van der Waals surface area contributed by atoms with Gasteiger partial charge in [-0.25, -0.2) is 4.90 Å². The fourth-order valence-electron chi connectivity index (χ4n) is 3.70. The standard InChI is InChI=1S/C22H21ClN2O5/c1-28-17-7-6-14(12-18(17)29-2)19-20(24-8-10-30-11-9-24)22(27)25(21(19)26)16-5-3-4-15(23)13-16/h3-7,12-13H,8-11H2,1-2H3. The van der Waals surface area contributed by atoms with E-state index in [0.717, 1.165) is 0 Å². The molecule has 0 aromatic heterocycles. The molecule has 30 heavy (non-hydrogen) atoms. The lowest BCUT2D eigenvalue weighted by atomic mass is 10.0. The quantitative estimate of drug-likeness (QED) is 0.682. The number of ether oxygens (including phenoxy) is 3. The molecule has 1 fully saturated rings. The van der Waals surface area contributed by atoms with Crippen LogP contribution in [0.15, 0.2) is 48.2 Å². The van der Waals surface area contributed by atoms with E-state index in [4.69, 9.17) is 25.8 Å². The Hall–Kier alpha value is -3.03. The Bertz CT molecular complexity index is 1030. The second kappa shape index (κ2) is 8.38. The Morgan fingerprint density at radius 1 is 0.933 bits per heavy atom. The number of amides is 2. The zero-order chi connectivity index (χ0) is 21.3. The van der Waals surface area contributed by atoms with Crippen molar-refractivity contribution in [3.63, 3.8) is 0 Å². The predicted molar refractivity (Wildman–Crippen MR) is 113 cm³/mol. The van der Waals surface area contributed by atoms with Crippen LogP contribution in [0, 0.1) is 0 Å². The van der Waals surface area contributed by atoms with Gasteiger partial charge in [-0.2, -0.15) is 0 Å². The number of anilines is 1. The van der Waals surface area contributed by atoms with Crippen LogP contribution in [-0.2, 0) is 14.3 Å². The fraction of sp³-hybridized carbons (Fsp3) is 0.273. The van der Waals surface area contributed by atoms with Gasteiger partial charge in [0, 0.05) is 18.1 Å². The molecule has 0 radical (unpaired) electrons. The first-order valence-corrected chi connectivity index (χ1v) is 9.86. The van der Waals surface area contributed by atoms with Gasteiger partial charge in [0.15, 0.2) is 11.5 Å². The molecular weight excluding hydrogens is 408 g/mol. The van der Waals surface area contributed by atoms with E-state index in [1.807, 2.05) is 4.90 Å². The summed E-state index contributed by atoms with van der Waals surface area (Å²) in [5.74, 6) is 0.230. The lowest BCUT2D eigenvalue weighted by molar-refractivity contribution is -0.121. The van der Waals surface area contributed by atoms with Crippen molar-refractivity contribution >= 4 is 34.7 Å². The number of carbonyl (C=O) groups is 2. The number of rotatable bonds is 5. The summed E-state index contributed by atoms with van der Waals surface area (Å²) in [5, 5.41) is 0.445. The van der Waals surface area contributed by atoms with Crippen molar-refractivity contribution in [3.8, 4) is 11.5 Å². The van der Waals surface area contributed by atoms with E-state index >= 15 is 0 Å². The minimum Gasteiger partial charge on any atom is -0.493 e. The lowest BCUT2D eigenvalue weighted by Crippen LogP contribution is -2.40. The van der Waals surface area contributed by atoms with Gasteiger partial charge in [-0.1, -0.05) is 23.7 Å².